The van der Waals surface area contributed by atoms with Crippen LogP contribution in [0.4, 0.5) is 17.6 Å². The number of aromatic nitrogens is 3. The molecule has 0 saturated heterocycles. The summed E-state index contributed by atoms with van der Waals surface area (Å²) in [6.45, 7) is 3.34. The molecule has 3 aromatic rings. The van der Waals surface area contributed by atoms with Crippen molar-refractivity contribution in [3.8, 4) is 11.1 Å². The Balaban J connectivity index is 2.02. The largest absolute Gasteiger partial charge is 0.280 e. The van der Waals surface area contributed by atoms with Crippen molar-refractivity contribution in [3.05, 3.63) is 76.6 Å². The van der Waals surface area contributed by atoms with Crippen LogP contribution in [0.15, 0.2) is 36.9 Å². The summed E-state index contributed by atoms with van der Waals surface area (Å²) in [4.78, 5) is 12.0. The Bertz CT molecular complexity index is 973. The van der Waals surface area contributed by atoms with Crippen molar-refractivity contribution in [2.45, 2.75) is 33.1 Å². The summed E-state index contributed by atoms with van der Waals surface area (Å²) in [6, 6.07) is 3.92. The molecule has 0 bridgehead atoms. The van der Waals surface area contributed by atoms with E-state index in [1.165, 1.54) is 24.8 Å². The van der Waals surface area contributed by atoms with Gasteiger partial charge in [-0.15, -0.1) is 0 Å². The highest BCUT2D eigenvalue weighted by atomic mass is 19.3. The van der Waals surface area contributed by atoms with E-state index in [-0.39, 0.29) is 17.7 Å². The first-order chi connectivity index (χ1) is 12.9. The quantitative estimate of drug-likeness (QED) is 0.574. The molecular formula is C20H17F4N3. The molecule has 27 heavy (non-hydrogen) atoms. The monoisotopic (exact) mass is 375 g/mol. The van der Waals surface area contributed by atoms with E-state index >= 15 is 0 Å². The third-order valence-corrected chi connectivity index (χ3v) is 4.36. The number of halogens is 4. The fourth-order valence-electron chi connectivity index (χ4n) is 2.95. The molecule has 140 valence electrons. The second kappa shape index (κ2) is 7.82. The smallest absolute Gasteiger partial charge is 0.255 e. The van der Waals surface area contributed by atoms with Gasteiger partial charge in [0.25, 0.3) is 6.43 Å². The highest BCUT2D eigenvalue weighted by Gasteiger charge is 2.17. The van der Waals surface area contributed by atoms with Gasteiger partial charge in [-0.05, 0) is 36.1 Å². The van der Waals surface area contributed by atoms with E-state index < -0.39 is 18.1 Å². The predicted molar refractivity (Wildman–Crippen MR) is 93.5 cm³/mol. The standard InChI is InChI=1S/C20H17F4N3/c1-3-13-6-14(17(22)7-16(13)21)15-9-25-10-27-18(15)5-12-4-11(2)19(20(23)24)26-8-12/h4,6-10,20H,3,5H2,1-2H3. The van der Waals surface area contributed by atoms with Crippen molar-refractivity contribution in [2.75, 3.05) is 0 Å². The van der Waals surface area contributed by atoms with E-state index in [0.717, 1.165) is 6.07 Å². The Hall–Kier alpha value is -2.83. The lowest BCUT2D eigenvalue weighted by molar-refractivity contribution is 0.145. The zero-order valence-electron chi connectivity index (χ0n) is 14.8. The summed E-state index contributed by atoms with van der Waals surface area (Å²) in [5.74, 6) is -1.30. The number of hydrogen-bond donors (Lipinski definition) is 0. The first-order valence-corrected chi connectivity index (χ1v) is 8.41. The van der Waals surface area contributed by atoms with Crippen molar-refractivity contribution in [1.82, 2.24) is 15.0 Å². The van der Waals surface area contributed by atoms with Crippen LogP contribution in [0.3, 0.4) is 0 Å². The molecule has 3 nitrogen and oxygen atoms in total. The minimum Gasteiger partial charge on any atom is -0.255 e. The Kier molecular flexibility index (Phi) is 5.48. The summed E-state index contributed by atoms with van der Waals surface area (Å²) in [5.41, 5.74) is 2.30. The van der Waals surface area contributed by atoms with Crippen LogP contribution in [-0.4, -0.2) is 15.0 Å². The number of alkyl halides is 2. The Labute approximate surface area is 154 Å². The van der Waals surface area contributed by atoms with Gasteiger partial charge in [-0.2, -0.15) is 0 Å². The molecule has 0 radical (unpaired) electrons. The predicted octanol–water partition coefficient (Wildman–Crippen LogP) is 5.22. The zero-order chi connectivity index (χ0) is 19.6. The van der Waals surface area contributed by atoms with Gasteiger partial charge in [0.2, 0.25) is 0 Å². The van der Waals surface area contributed by atoms with Crippen molar-refractivity contribution in [1.29, 1.82) is 0 Å². The molecule has 0 atom stereocenters. The molecule has 2 aromatic heterocycles. The van der Waals surface area contributed by atoms with E-state index in [9.17, 15) is 17.6 Å². The summed E-state index contributed by atoms with van der Waals surface area (Å²) < 4.78 is 53.9. The van der Waals surface area contributed by atoms with Crippen molar-refractivity contribution in [2.24, 2.45) is 0 Å². The molecule has 2 heterocycles. The summed E-state index contributed by atoms with van der Waals surface area (Å²) in [5, 5.41) is 0. The third kappa shape index (κ3) is 3.97. The molecule has 0 amide bonds. The van der Waals surface area contributed by atoms with Gasteiger partial charge in [0.15, 0.2) is 0 Å². The van der Waals surface area contributed by atoms with E-state index in [0.29, 0.717) is 34.4 Å². The van der Waals surface area contributed by atoms with Gasteiger partial charge in [-0.25, -0.2) is 27.5 Å². The number of benzene rings is 1. The maximum atomic E-state index is 14.4. The van der Waals surface area contributed by atoms with Gasteiger partial charge in [-0.3, -0.25) is 4.98 Å². The van der Waals surface area contributed by atoms with Gasteiger partial charge in [0.05, 0.1) is 5.69 Å². The average molecular weight is 375 g/mol. The second-order valence-electron chi connectivity index (χ2n) is 6.18. The lowest BCUT2D eigenvalue weighted by Crippen LogP contribution is -2.02. The molecular weight excluding hydrogens is 358 g/mol. The molecule has 0 N–H and O–H groups in total. The second-order valence-corrected chi connectivity index (χ2v) is 6.18. The van der Waals surface area contributed by atoms with Crippen LogP contribution >= 0.6 is 0 Å². The minimum absolute atomic E-state index is 0.206. The fourth-order valence-corrected chi connectivity index (χ4v) is 2.95. The third-order valence-electron chi connectivity index (χ3n) is 4.36. The molecule has 0 aliphatic heterocycles. The maximum absolute atomic E-state index is 14.4. The number of nitrogens with zero attached hydrogens (tertiary/aromatic N) is 3. The molecule has 0 spiro atoms. The molecule has 0 saturated carbocycles. The SMILES string of the molecule is CCc1cc(-c2cncnc2Cc2cnc(C(F)F)c(C)c2)c(F)cc1F. The number of hydrogen-bond acceptors (Lipinski definition) is 3. The minimum atomic E-state index is -2.64. The highest BCUT2D eigenvalue weighted by molar-refractivity contribution is 5.67. The Morgan fingerprint density at radius 3 is 2.41 bits per heavy atom. The van der Waals surface area contributed by atoms with Gasteiger partial charge >= 0.3 is 0 Å². The van der Waals surface area contributed by atoms with Crippen molar-refractivity contribution in [3.63, 3.8) is 0 Å². The molecule has 0 aliphatic rings. The van der Waals surface area contributed by atoms with E-state index in [1.807, 2.05) is 0 Å². The lowest BCUT2D eigenvalue weighted by atomic mass is 9.98. The van der Waals surface area contributed by atoms with Crippen LogP contribution in [0.2, 0.25) is 0 Å². The highest BCUT2D eigenvalue weighted by Crippen LogP contribution is 2.29. The molecule has 1 aromatic carbocycles. The first kappa shape index (κ1) is 18.9. The number of aryl methyl sites for hydroxylation is 2. The summed E-state index contributed by atoms with van der Waals surface area (Å²) in [6.07, 6.45) is 2.18. The first-order valence-electron chi connectivity index (χ1n) is 8.41. The van der Waals surface area contributed by atoms with Gasteiger partial charge in [0, 0.05) is 36.0 Å². The van der Waals surface area contributed by atoms with Crippen LogP contribution in [0.25, 0.3) is 11.1 Å². The van der Waals surface area contributed by atoms with Crippen molar-refractivity contribution < 1.29 is 17.6 Å². The molecule has 7 heteroatoms. The zero-order valence-corrected chi connectivity index (χ0v) is 14.8. The van der Waals surface area contributed by atoms with Crippen molar-refractivity contribution >= 4 is 0 Å². The number of pyridine rings is 1. The summed E-state index contributed by atoms with van der Waals surface area (Å²) >= 11 is 0. The van der Waals surface area contributed by atoms with Gasteiger partial charge < -0.3 is 0 Å². The normalized spacial score (nSPS) is 11.2. The average Bonchev–Trinajstić information content (AvgIpc) is 2.62. The van der Waals surface area contributed by atoms with Gasteiger partial charge in [0.1, 0.15) is 23.7 Å². The van der Waals surface area contributed by atoms with E-state index in [1.54, 1.807) is 19.9 Å². The summed E-state index contributed by atoms with van der Waals surface area (Å²) in [7, 11) is 0. The van der Waals surface area contributed by atoms with E-state index in [4.69, 9.17) is 0 Å². The Morgan fingerprint density at radius 2 is 1.74 bits per heavy atom. The lowest BCUT2D eigenvalue weighted by Gasteiger charge is -2.12. The number of rotatable bonds is 5. The molecule has 0 fully saturated rings. The Morgan fingerprint density at radius 1 is 0.963 bits per heavy atom. The topological polar surface area (TPSA) is 38.7 Å². The molecule has 3 rings (SSSR count). The molecule has 0 aliphatic carbocycles. The van der Waals surface area contributed by atoms with E-state index in [2.05, 4.69) is 15.0 Å². The maximum Gasteiger partial charge on any atom is 0.280 e. The van der Waals surface area contributed by atoms with Crippen LogP contribution in [0.1, 0.15) is 41.4 Å². The fraction of sp³-hybridized carbons (Fsp3) is 0.250. The van der Waals surface area contributed by atoms with Gasteiger partial charge in [-0.1, -0.05) is 13.0 Å². The van der Waals surface area contributed by atoms with Crippen LogP contribution in [0.5, 0.6) is 0 Å². The van der Waals surface area contributed by atoms with Crippen LogP contribution in [0, 0.1) is 18.6 Å². The molecule has 0 unspecified atom stereocenters. The van der Waals surface area contributed by atoms with Crippen LogP contribution in [-0.2, 0) is 12.8 Å². The van der Waals surface area contributed by atoms with Crippen LogP contribution < -0.4 is 0 Å².